The van der Waals surface area contributed by atoms with Crippen molar-refractivity contribution < 1.29 is 4.74 Å². The lowest BCUT2D eigenvalue weighted by Gasteiger charge is -2.27. The molecule has 4 heteroatoms. The van der Waals surface area contributed by atoms with E-state index in [0.717, 1.165) is 22.7 Å². The van der Waals surface area contributed by atoms with E-state index in [9.17, 15) is 0 Å². The SMILES string of the molecule is COCC(C)N(C)c1ccc(CCN)c(Cl)c1. The standard InChI is InChI=1S/C13H21ClN2O/c1-10(9-17-3)16(2)12-5-4-11(6-7-15)13(14)8-12/h4-5,8,10H,6-7,9,15H2,1-3H3. The number of ether oxygens (including phenoxy) is 1. The Kier molecular flexibility index (Phi) is 5.75. The lowest BCUT2D eigenvalue weighted by molar-refractivity contribution is 0.183. The summed E-state index contributed by atoms with van der Waals surface area (Å²) in [6.45, 7) is 3.43. The number of nitrogens with two attached hydrogens (primary N) is 1. The molecule has 0 saturated carbocycles. The zero-order valence-electron chi connectivity index (χ0n) is 10.7. The van der Waals surface area contributed by atoms with E-state index in [1.807, 2.05) is 19.2 Å². The molecule has 96 valence electrons. The first-order valence-corrected chi connectivity index (χ1v) is 6.18. The van der Waals surface area contributed by atoms with Gasteiger partial charge in [0, 0.05) is 30.9 Å². The Morgan fingerprint density at radius 1 is 1.47 bits per heavy atom. The third kappa shape index (κ3) is 3.87. The third-order valence-electron chi connectivity index (χ3n) is 2.93. The van der Waals surface area contributed by atoms with E-state index in [4.69, 9.17) is 22.1 Å². The predicted octanol–water partition coefficient (Wildman–Crippen LogP) is 2.31. The van der Waals surface area contributed by atoms with Crippen LogP contribution in [0.5, 0.6) is 0 Å². The normalized spacial score (nSPS) is 12.5. The van der Waals surface area contributed by atoms with Gasteiger partial charge in [-0.3, -0.25) is 0 Å². The molecule has 1 aromatic rings. The Labute approximate surface area is 109 Å². The van der Waals surface area contributed by atoms with Gasteiger partial charge in [-0.15, -0.1) is 0 Å². The summed E-state index contributed by atoms with van der Waals surface area (Å²) in [4.78, 5) is 2.15. The van der Waals surface area contributed by atoms with Gasteiger partial charge in [-0.05, 0) is 37.6 Å². The van der Waals surface area contributed by atoms with Crippen molar-refractivity contribution in [1.82, 2.24) is 0 Å². The van der Waals surface area contributed by atoms with E-state index < -0.39 is 0 Å². The quantitative estimate of drug-likeness (QED) is 0.849. The molecule has 3 nitrogen and oxygen atoms in total. The van der Waals surface area contributed by atoms with E-state index in [1.54, 1.807) is 7.11 Å². The average Bonchev–Trinajstić information content (AvgIpc) is 2.31. The number of hydrogen-bond donors (Lipinski definition) is 1. The molecule has 0 radical (unpaired) electrons. The monoisotopic (exact) mass is 256 g/mol. The van der Waals surface area contributed by atoms with Crippen molar-refractivity contribution in [2.24, 2.45) is 5.73 Å². The van der Waals surface area contributed by atoms with Crippen LogP contribution in [0.3, 0.4) is 0 Å². The van der Waals surface area contributed by atoms with Gasteiger partial charge in [-0.25, -0.2) is 0 Å². The van der Waals surface area contributed by atoms with Crippen molar-refractivity contribution in [2.75, 3.05) is 32.2 Å². The lowest BCUT2D eigenvalue weighted by Crippen LogP contribution is -2.32. The molecule has 0 bridgehead atoms. The first-order valence-electron chi connectivity index (χ1n) is 5.80. The molecule has 2 N–H and O–H groups in total. The van der Waals surface area contributed by atoms with Crippen LogP contribution in [0, 0.1) is 0 Å². The Morgan fingerprint density at radius 2 is 2.18 bits per heavy atom. The molecule has 0 aliphatic heterocycles. The first kappa shape index (κ1) is 14.3. The maximum Gasteiger partial charge on any atom is 0.0663 e. The van der Waals surface area contributed by atoms with Crippen molar-refractivity contribution in [3.8, 4) is 0 Å². The van der Waals surface area contributed by atoms with Crippen LogP contribution in [-0.2, 0) is 11.2 Å². The van der Waals surface area contributed by atoms with Crippen molar-refractivity contribution in [3.05, 3.63) is 28.8 Å². The van der Waals surface area contributed by atoms with Crippen LogP contribution in [0.2, 0.25) is 5.02 Å². The van der Waals surface area contributed by atoms with Gasteiger partial charge >= 0.3 is 0 Å². The highest BCUT2D eigenvalue weighted by molar-refractivity contribution is 6.31. The minimum Gasteiger partial charge on any atom is -0.383 e. The van der Waals surface area contributed by atoms with Gasteiger partial charge in [-0.1, -0.05) is 17.7 Å². The lowest BCUT2D eigenvalue weighted by atomic mass is 10.1. The highest BCUT2D eigenvalue weighted by atomic mass is 35.5. The van der Waals surface area contributed by atoms with Crippen molar-refractivity contribution >= 4 is 17.3 Å². The summed E-state index contributed by atoms with van der Waals surface area (Å²) in [6, 6.07) is 6.42. The van der Waals surface area contributed by atoms with Crippen LogP contribution < -0.4 is 10.6 Å². The Morgan fingerprint density at radius 3 is 2.71 bits per heavy atom. The van der Waals surface area contributed by atoms with E-state index in [-0.39, 0.29) is 0 Å². The summed E-state index contributed by atoms with van der Waals surface area (Å²) in [6.07, 6.45) is 0.816. The summed E-state index contributed by atoms with van der Waals surface area (Å²) in [5.74, 6) is 0. The second kappa shape index (κ2) is 6.84. The van der Waals surface area contributed by atoms with E-state index in [1.165, 1.54) is 0 Å². The van der Waals surface area contributed by atoms with Gasteiger partial charge in [0.1, 0.15) is 0 Å². The molecule has 0 heterocycles. The zero-order chi connectivity index (χ0) is 12.8. The molecule has 1 rings (SSSR count). The van der Waals surface area contributed by atoms with Crippen molar-refractivity contribution in [3.63, 3.8) is 0 Å². The van der Waals surface area contributed by atoms with Crippen LogP contribution in [-0.4, -0.2) is 33.4 Å². The highest BCUT2D eigenvalue weighted by Gasteiger charge is 2.11. The van der Waals surface area contributed by atoms with E-state index in [2.05, 4.69) is 17.9 Å². The number of benzene rings is 1. The van der Waals surface area contributed by atoms with Crippen LogP contribution in [0.15, 0.2) is 18.2 Å². The zero-order valence-corrected chi connectivity index (χ0v) is 11.5. The van der Waals surface area contributed by atoms with Gasteiger partial charge in [-0.2, -0.15) is 0 Å². The van der Waals surface area contributed by atoms with Crippen molar-refractivity contribution in [2.45, 2.75) is 19.4 Å². The minimum atomic E-state index is 0.316. The minimum absolute atomic E-state index is 0.316. The van der Waals surface area contributed by atoms with Gasteiger partial charge in [0.2, 0.25) is 0 Å². The molecule has 0 aromatic heterocycles. The third-order valence-corrected chi connectivity index (χ3v) is 3.28. The van der Waals surface area contributed by atoms with Crippen molar-refractivity contribution in [1.29, 1.82) is 0 Å². The molecule has 1 atom stereocenters. The Balaban J connectivity index is 2.81. The molecule has 0 fully saturated rings. The van der Waals surface area contributed by atoms with Gasteiger partial charge in [0.15, 0.2) is 0 Å². The van der Waals surface area contributed by atoms with Gasteiger partial charge < -0.3 is 15.4 Å². The smallest absolute Gasteiger partial charge is 0.0663 e. The summed E-state index contributed by atoms with van der Waals surface area (Å²) in [5, 5.41) is 0.782. The molecule has 0 spiro atoms. The number of hydrogen-bond acceptors (Lipinski definition) is 3. The number of likely N-dealkylation sites (N-methyl/N-ethyl adjacent to an activating group) is 1. The van der Waals surface area contributed by atoms with Crippen LogP contribution in [0.4, 0.5) is 5.69 Å². The number of rotatable bonds is 6. The number of halogens is 1. The molecule has 0 aliphatic rings. The topological polar surface area (TPSA) is 38.5 Å². The molecular weight excluding hydrogens is 236 g/mol. The highest BCUT2D eigenvalue weighted by Crippen LogP contribution is 2.24. The summed E-state index contributed by atoms with van der Waals surface area (Å²) >= 11 is 6.22. The fraction of sp³-hybridized carbons (Fsp3) is 0.538. The maximum absolute atomic E-state index is 6.22. The fourth-order valence-electron chi connectivity index (χ4n) is 1.72. The number of anilines is 1. The van der Waals surface area contributed by atoms with Crippen LogP contribution in [0.1, 0.15) is 12.5 Å². The van der Waals surface area contributed by atoms with Gasteiger partial charge in [0.05, 0.1) is 6.61 Å². The largest absolute Gasteiger partial charge is 0.383 e. The summed E-state index contributed by atoms with van der Waals surface area (Å²) in [7, 11) is 3.75. The molecule has 0 amide bonds. The van der Waals surface area contributed by atoms with Gasteiger partial charge in [0.25, 0.3) is 0 Å². The van der Waals surface area contributed by atoms with Crippen LogP contribution >= 0.6 is 11.6 Å². The average molecular weight is 257 g/mol. The number of methoxy groups -OCH3 is 1. The molecule has 0 saturated heterocycles. The maximum atomic E-state index is 6.22. The van der Waals surface area contributed by atoms with Crippen LogP contribution in [0.25, 0.3) is 0 Å². The molecule has 17 heavy (non-hydrogen) atoms. The molecule has 0 aliphatic carbocycles. The second-order valence-electron chi connectivity index (χ2n) is 4.23. The summed E-state index contributed by atoms with van der Waals surface area (Å²) in [5.41, 5.74) is 7.73. The Hall–Kier alpha value is -0.770. The Bertz CT molecular complexity index is 357. The molecule has 1 unspecified atom stereocenters. The first-order chi connectivity index (χ1) is 8.10. The number of nitrogens with zero attached hydrogens (tertiary/aromatic N) is 1. The molecule has 1 aromatic carbocycles. The summed E-state index contributed by atoms with van der Waals surface area (Å²) < 4.78 is 5.15. The second-order valence-corrected chi connectivity index (χ2v) is 4.64. The predicted molar refractivity (Wildman–Crippen MR) is 74.0 cm³/mol. The molecular formula is C13H21ClN2O. The fourth-order valence-corrected chi connectivity index (χ4v) is 1.99. The van der Waals surface area contributed by atoms with E-state index >= 15 is 0 Å². The van der Waals surface area contributed by atoms with E-state index in [0.29, 0.717) is 19.2 Å².